The Labute approximate surface area is 302 Å². The molecule has 0 aliphatic carbocycles. The number of carbonyl (C=O) groups is 1. The maximum atomic E-state index is 12.2. The lowest BCUT2D eigenvalue weighted by Gasteiger charge is -2.16. The van der Waals surface area contributed by atoms with Gasteiger partial charge in [0.05, 0.1) is 13.2 Å². The Hall–Kier alpha value is -0.610. The fourth-order valence-electron chi connectivity index (χ4n) is 6.86. The van der Waals surface area contributed by atoms with Gasteiger partial charge in [-0.3, -0.25) is 4.79 Å². The first-order chi connectivity index (χ1) is 23.7. The number of rotatable bonds is 42. The largest absolute Gasteiger partial charge is 0.457 e. The van der Waals surface area contributed by atoms with E-state index in [9.17, 15) is 9.90 Å². The number of aliphatic hydroxyl groups excluding tert-OH is 1. The molecule has 1 unspecified atom stereocenters. The van der Waals surface area contributed by atoms with Crippen LogP contribution in [0.15, 0.2) is 0 Å². The minimum Gasteiger partial charge on any atom is -0.457 e. The first-order valence-corrected chi connectivity index (χ1v) is 22.1. The molecule has 0 radical (unpaired) electrons. The summed E-state index contributed by atoms with van der Waals surface area (Å²) in [6.45, 7) is 5.41. The SMILES string of the molecule is CCCCCCCCCCCCCCCCCCCCCCCC(=O)OC(CO)COCCCCCCCCCCCCCCCCC. The third-order valence-corrected chi connectivity index (χ3v) is 10.2. The van der Waals surface area contributed by atoms with Crippen LogP contribution in [0.5, 0.6) is 0 Å². The molecule has 0 aliphatic heterocycles. The van der Waals surface area contributed by atoms with E-state index in [-0.39, 0.29) is 12.6 Å². The van der Waals surface area contributed by atoms with E-state index in [0.717, 1.165) is 19.3 Å². The molecule has 0 heterocycles. The zero-order valence-corrected chi connectivity index (χ0v) is 33.0. The molecule has 288 valence electrons. The molecule has 0 saturated carbocycles. The average Bonchev–Trinajstić information content (AvgIpc) is 3.09. The van der Waals surface area contributed by atoms with Crippen molar-refractivity contribution in [1.82, 2.24) is 0 Å². The zero-order valence-electron chi connectivity index (χ0n) is 33.0. The summed E-state index contributed by atoms with van der Waals surface area (Å²) in [7, 11) is 0. The van der Waals surface area contributed by atoms with Gasteiger partial charge < -0.3 is 14.6 Å². The van der Waals surface area contributed by atoms with Crippen molar-refractivity contribution in [3.05, 3.63) is 0 Å². The van der Waals surface area contributed by atoms with Crippen LogP contribution in [0.3, 0.4) is 0 Å². The molecule has 1 N–H and O–H groups in total. The van der Waals surface area contributed by atoms with Crippen molar-refractivity contribution in [2.45, 2.75) is 258 Å². The van der Waals surface area contributed by atoms with Crippen LogP contribution in [0, 0.1) is 0 Å². The Morgan fingerprint density at radius 3 is 0.979 bits per heavy atom. The Bertz CT molecular complexity index is 594. The normalized spacial score (nSPS) is 12.1. The number of unbranched alkanes of at least 4 members (excludes halogenated alkanes) is 34. The maximum Gasteiger partial charge on any atom is 0.306 e. The number of hydrogen-bond acceptors (Lipinski definition) is 4. The number of ether oxygens (including phenoxy) is 2. The Balaban J connectivity index is 3.34. The van der Waals surface area contributed by atoms with E-state index in [4.69, 9.17) is 9.47 Å². The van der Waals surface area contributed by atoms with E-state index in [1.165, 1.54) is 212 Å². The lowest BCUT2D eigenvalue weighted by Crippen LogP contribution is -2.27. The summed E-state index contributed by atoms with van der Waals surface area (Å²) in [5.74, 6) is -0.192. The highest BCUT2D eigenvalue weighted by Crippen LogP contribution is 2.16. The summed E-state index contributed by atoms with van der Waals surface area (Å²) in [6.07, 6.45) is 48.8. The highest BCUT2D eigenvalue weighted by atomic mass is 16.6. The highest BCUT2D eigenvalue weighted by Gasteiger charge is 2.13. The molecule has 4 nitrogen and oxygen atoms in total. The van der Waals surface area contributed by atoms with Gasteiger partial charge in [0.15, 0.2) is 0 Å². The Morgan fingerprint density at radius 2 is 0.688 bits per heavy atom. The topological polar surface area (TPSA) is 55.8 Å². The molecular weight excluding hydrogens is 592 g/mol. The Kier molecular flexibility index (Phi) is 42.0. The van der Waals surface area contributed by atoms with Crippen molar-refractivity contribution in [3.63, 3.8) is 0 Å². The minimum atomic E-state index is -0.524. The molecule has 0 saturated heterocycles. The first-order valence-electron chi connectivity index (χ1n) is 22.1. The number of carbonyl (C=O) groups excluding carboxylic acids is 1. The van der Waals surface area contributed by atoms with E-state index < -0.39 is 6.10 Å². The third-order valence-electron chi connectivity index (χ3n) is 10.2. The van der Waals surface area contributed by atoms with Crippen LogP contribution in [0.2, 0.25) is 0 Å². The van der Waals surface area contributed by atoms with E-state index >= 15 is 0 Å². The molecule has 0 fully saturated rings. The van der Waals surface area contributed by atoms with Gasteiger partial charge in [-0.15, -0.1) is 0 Å². The van der Waals surface area contributed by atoms with Gasteiger partial charge in [-0.1, -0.05) is 232 Å². The van der Waals surface area contributed by atoms with Crippen molar-refractivity contribution in [1.29, 1.82) is 0 Å². The standard InChI is InChI=1S/C44H88O4/c1-3-5-7-9-11-13-15-17-19-20-21-22-23-24-25-27-29-31-33-35-37-39-44(46)48-43(41-45)42-47-40-38-36-34-32-30-28-26-18-16-14-12-10-8-6-4-2/h43,45H,3-42H2,1-2H3. The van der Waals surface area contributed by atoms with Crippen LogP contribution < -0.4 is 0 Å². The summed E-state index contributed by atoms with van der Waals surface area (Å²) in [6, 6.07) is 0. The molecule has 1 atom stereocenters. The highest BCUT2D eigenvalue weighted by molar-refractivity contribution is 5.69. The average molecular weight is 681 g/mol. The maximum absolute atomic E-state index is 12.2. The predicted octanol–water partition coefficient (Wildman–Crippen LogP) is 14.4. The molecule has 0 rings (SSSR count). The van der Waals surface area contributed by atoms with Gasteiger partial charge in [0.25, 0.3) is 0 Å². The second-order valence-electron chi connectivity index (χ2n) is 15.1. The number of hydrogen-bond donors (Lipinski definition) is 1. The van der Waals surface area contributed by atoms with Crippen LogP contribution in [-0.2, 0) is 14.3 Å². The molecule has 0 amide bonds. The lowest BCUT2D eigenvalue weighted by molar-refractivity contribution is -0.154. The minimum absolute atomic E-state index is 0.163. The monoisotopic (exact) mass is 681 g/mol. The third kappa shape index (κ3) is 39.8. The number of aliphatic hydroxyl groups is 1. The zero-order chi connectivity index (χ0) is 34.9. The van der Waals surface area contributed by atoms with Crippen LogP contribution in [0.4, 0.5) is 0 Å². The van der Waals surface area contributed by atoms with Crippen molar-refractivity contribution in [3.8, 4) is 0 Å². The van der Waals surface area contributed by atoms with E-state index in [1.807, 2.05) is 0 Å². The van der Waals surface area contributed by atoms with E-state index in [0.29, 0.717) is 19.6 Å². The van der Waals surface area contributed by atoms with Gasteiger partial charge in [0.2, 0.25) is 0 Å². The molecule has 0 spiro atoms. The van der Waals surface area contributed by atoms with Gasteiger partial charge in [0, 0.05) is 13.0 Å². The fourth-order valence-corrected chi connectivity index (χ4v) is 6.86. The summed E-state index contributed by atoms with van der Waals surface area (Å²) in [5.41, 5.74) is 0. The van der Waals surface area contributed by atoms with E-state index in [2.05, 4.69) is 13.8 Å². The van der Waals surface area contributed by atoms with Crippen LogP contribution >= 0.6 is 0 Å². The fraction of sp³-hybridized carbons (Fsp3) is 0.977. The molecule has 48 heavy (non-hydrogen) atoms. The predicted molar refractivity (Wildman–Crippen MR) is 210 cm³/mol. The summed E-state index contributed by atoms with van der Waals surface area (Å²) >= 11 is 0. The summed E-state index contributed by atoms with van der Waals surface area (Å²) < 4.78 is 11.2. The van der Waals surface area contributed by atoms with Gasteiger partial charge in [0.1, 0.15) is 6.10 Å². The molecule has 0 aliphatic rings. The van der Waals surface area contributed by atoms with Crippen molar-refractivity contribution < 1.29 is 19.4 Å². The second kappa shape index (κ2) is 42.6. The van der Waals surface area contributed by atoms with E-state index in [1.54, 1.807) is 0 Å². The smallest absolute Gasteiger partial charge is 0.306 e. The molecule has 0 aromatic rings. The quantitative estimate of drug-likeness (QED) is 0.0515. The molecule has 0 aromatic heterocycles. The lowest BCUT2D eigenvalue weighted by atomic mass is 10.0. The summed E-state index contributed by atoms with van der Waals surface area (Å²) in [5, 5.41) is 9.60. The molecule has 0 bridgehead atoms. The number of esters is 1. The van der Waals surface area contributed by atoms with Crippen molar-refractivity contribution in [2.24, 2.45) is 0 Å². The molecule has 0 aromatic carbocycles. The van der Waals surface area contributed by atoms with Crippen LogP contribution in [0.25, 0.3) is 0 Å². The first kappa shape index (κ1) is 47.4. The van der Waals surface area contributed by atoms with Gasteiger partial charge in [-0.25, -0.2) is 0 Å². The van der Waals surface area contributed by atoms with Crippen LogP contribution in [0.1, 0.15) is 251 Å². The van der Waals surface area contributed by atoms with Gasteiger partial charge >= 0.3 is 5.97 Å². The van der Waals surface area contributed by atoms with Crippen molar-refractivity contribution >= 4 is 5.97 Å². The van der Waals surface area contributed by atoms with Crippen LogP contribution in [-0.4, -0.2) is 37.0 Å². The Morgan fingerprint density at radius 1 is 0.417 bits per heavy atom. The van der Waals surface area contributed by atoms with Crippen molar-refractivity contribution in [2.75, 3.05) is 19.8 Å². The molecule has 4 heteroatoms. The molecular formula is C44H88O4. The summed E-state index contributed by atoms with van der Waals surface area (Å²) in [4.78, 5) is 12.2. The van der Waals surface area contributed by atoms with Gasteiger partial charge in [-0.05, 0) is 12.8 Å². The second-order valence-corrected chi connectivity index (χ2v) is 15.1. The van der Waals surface area contributed by atoms with Gasteiger partial charge in [-0.2, -0.15) is 0 Å².